The molecule has 0 fully saturated rings. The Morgan fingerprint density at radius 2 is 2.05 bits per heavy atom. The van der Waals surface area contributed by atoms with Crippen LogP contribution in [0.4, 0.5) is 5.69 Å². The number of hydrogen-bond acceptors (Lipinski definition) is 3. The maximum atomic E-state index is 6.08. The summed E-state index contributed by atoms with van der Waals surface area (Å²) in [6.07, 6.45) is 0. The zero-order chi connectivity index (χ0) is 14.0. The minimum absolute atomic E-state index is 0.176. The highest BCUT2D eigenvalue weighted by Crippen LogP contribution is 2.38. The van der Waals surface area contributed by atoms with Gasteiger partial charge >= 0.3 is 0 Å². The first-order valence-corrected chi connectivity index (χ1v) is 8.39. The van der Waals surface area contributed by atoms with Crippen molar-refractivity contribution in [2.75, 3.05) is 12.4 Å². The summed E-state index contributed by atoms with van der Waals surface area (Å²) in [4.78, 5) is 1.24. The van der Waals surface area contributed by atoms with Crippen LogP contribution in [0.1, 0.15) is 17.8 Å². The number of halogens is 3. The molecule has 0 saturated carbocycles. The molecule has 1 atom stereocenters. The van der Waals surface area contributed by atoms with E-state index >= 15 is 0 Å². The van der Waals surface area contributed by atoms with Gasteiger partial charge in [-0.05, 0) is 57.0 Å². The molecule has 2 aromatic rings. The van der Waals surface area contributed by atoms with E-state index in [1.807, 2.05) is 12.1 Å². The number of nitrogens with one attached hydrogen (secondary N) is 1. The largest absolute Gasteiger partial charge is 0.493 e. The van der Waals surface area contributed by atoms with Crippen molar-refractivity contribution in [1.82, 2.24) is 0 Å². The van der Waals surface area contributed by atoms with Crippen molar-refractivity contribution in [2.24, 2.45) is 0 Å². The molecule has 1 heterocycles. The number of methoxy groups -OCH3 is 1. The second kappa shape index (κ2) is 6.48. The third-order valence-electron chi connectivity index (χ3n) is 2.60. The van der Waals surface area contributed by atoms with E-state index in [4.69, 9.17) is 16.3 Å². The quantitative estimate of drug-likeness (QED) is 0.638. The second-order valence-electron chi connectivity index (χ2n) is 4.00. The third-order valence-corrected chi connectivity index (χ3v) is 5.28. The van der Waals surface area contributed by atoms with E-state index in [1.165, 1.54) is 4.88 Å². The number of thiophene rings is 1. The minimum Gasteiger partial charge on any atom is -0.493 e. The first-order chi connectivity index (χ1) is 9.01. The van der Waals surface area contributed by atoms with Crippen LogP contribution in [0.2, 0.25) is 5.02 Å². The van der Waals surface area contributed by atoms with Crippen molar-refractivity contribution in [3.8, 4) is 5.75 Å². The van der Waals surface area contributed by atoms with Crippen LogP contribution in [0.15, 0.2) is 32.5 Å². The molecule has 1 unspecified atom stereocenters. The van der Waals surface area contributed by atoms with Gasteiger partial charge in [-0.15, -0.1) is 11.3 Å². The maximum absolute atomic E-state index is 6.08. The number of benzene rings is 1. The van der Waals surface area contributed by atoms with Crippen molar-refractivity contribution in [2.45, 2.75) is 13.0 Å². The van der Waals surface area contributed by atoms with Crippen LogP contribution in [0.25, 0.3) is 0 Å². The van der Waals surface area contributed by atoms with Crippen LogP contribution < -0.4 is 10.1 Å². The van der Waals surface area contributed by atoms with Crippen molar-refractivity contribution in [1.29, 1.82) is 0 Å². The van der Waals surface area contributed by atoms with Gasteiger partial charge in [-0.25, -0.2) is 0 Å². The van der Waals surface area contributed by atoms with Gasteiger partial charge in [0.1, 0.15) is 0 Å². The van der Waals surface area contributed by atoms with Crippen LogP contribution in [-0.2, 0) is 0 Å². The minimum atomic E-state index is 0.176. The lowest BCUT2D eigenvalue weighted by atomic mass is 10.2. The molecule has 2 rings (SSSR count). The molecule has 0 bridgehead atoms. The van der Waals surface area contributed by atoms with Crippen LogP contribution in [-0.4, -0.2) is 7.11 Å². The molecule has 2 nitrogen and oxygen atoms in total. The monoisotopic (exact) mass is 423 g/mol. The summed E-state index contributed by atoms with van der Waals surface area (Å²) >= 11 is 14.7. The van der Waals surface area contributed by atoms with E-state index in [-0.39, 0.29) is 6.04 Å². The van der Waals surface area contributed by atoms with Crippen molar-refractivity contribution in [3.63, 3.8) is 0 Å². The molecule has 0 aliphatic carbocycles. The molecule has 19 heavy (non-hydrogen) atoms. The van der Waals surface area contributed by atoms with Crippen molar-refractivity contribution >= 4 is 60.5 Å². The van der Waals surface area contributed by atoms with Gasteiger partial charge in [-0.1, -0.05) is 11.6 Å². The number of ether oxygens (including phenoxy) is 1. The predicted molar refractivity (Wildman–Crippen MR) is 89.8 cm³/mol. The average Bonchev–Trinajstić information content (AvgIpc) is 2.75. The van der Waals surface area contributed by atoms with E-state index in [2.05, 4.69) is 55.5 Å². The van der Waals surface area contributed by atoms with E-state index < -0.39 is 0 Å². The summed E-state index contributed by atoms with van der Waals surface area (Å²) in [6, 6.07) is 5.96. The lowest BCUT2D eigenvalue weighted by Gasteiger charge is -2.17. The van der Waals surface area contributed by atoms with Gasteiger partial charge in [-0.2, -0.15) is 0 Å². The summed E-state index contributed by atoms with van der Waals surface area (Å²) in [6.45, 7) is 2.10. The van der Waals surface area contributed by atoms with Crippen LogP contribution in [0.3, 0.4) is 0 Å². The maximum Gasteiger partial charge on any atom is 0.156 e. The number of rotatable bonds is 4. The van der Waals surface area contributed by atoms with Gasteiger partial charge in [0, 0.05) is 19.8 Å². The Balaban J connectivity index is 2.27. The highest BCUT2D eigenvalue weighted by Gasteiger charge is 2.14. The highest BCUT2D eigenvalue weighted by atomic mass is 79.9. The molecule has 1 aromatic carbocycles. The van der Waals surface area contributed by atoms with Crippen LogP contribution in [0.5, 0.6) is 5.75 Å². The fourth-order valence-electron chi connectivity index (χ4n) is 1.73. The molecule has 0 amide bonds. The summed E-state index contributed by atoms with van der Waals surface area (Å²) < 4.78 is 7.33. The zero-order valence-corrected chi connectivity index (χ0v) is 15.1. The fourth-order valence-corrected chi connectivity index (χ4v) is 4.16. The van der Waals surface area contributed by atoms with Crippen molar-refractivity contribution < 1.29 is 4.74 Å². The molecule has 0 spiro atoms. The molecule has 6 heteroatoms. The zero-order valence-electron chi connectivity index (χ0n) is 10.3. The average molecular weight is 426 g/mol. The van der Waals surface area contributed by atoms with Crippen LogP contribution >= 0.6 is 54.8 Å². The van der Waals surface area contributed by atoms with Gasteiger partial charge in [0.05, 0.1) is 23.3 Å². The number of hydrogen-bond donors (Lipinski definition) is 1. The molecule has 1 aromatic heterocycles. The first-order valence-electron chi connectivity index (χ1n) is 5.54. The molecule has 0 radical (unpaired) electrons. The number of anilines is 1. The van der Waals surface area contributed by atoms with E-state index in [1.54, 1.807) is 18.4 Å². The van der Waals surface area contributed by atoms with Gasteiger partial charge in [-0.3, -0.25) is 0 Å². The van der Waals surface area contributed by atoms with Gasteiger partial charge < -0.3 is 10.1 Å². The normalized spacial score (nSPS) is 12.3. The summed E-state index contributed by atoms with van der Waals surface area (Å²) in [5, 5.41) is 6.15. The Morgan fingerprint density at radius 1 is 1.32 bits per heavy atom. The van der Waals surface area contributed by atoms with Crippen molar-refractivity contribution in [3.05, 3.63) is 42.4 Å². The Morgan fingerprint density at radius 3 is 2.63 bits per heavy atom. The smallest absolute Gasteiger partial charge is 0.156 e. The van der Waals surface area contributed by atoms with Gasteiger partial charge in [0.2, 0.25) is 0 Å². The summed E-state index contributed by atoms with van der Waals surface area (Å²) in [5.41, 5.74) is 0.874. The SMILES string of the molecule is COc1c(Br)cc(Cl)cc1NC(C)c1cc(Br)cs1. The van der Waals surface area contributed by atoms with Gasteiger partial charge in [0.15, 0.2) is 5.75 Å². The Kier molecular flexibility index (Phi) is 5.17. The molecule has 0 aliphatic heterocycles. The lowest BCUT2D eigenvalue weighted by Crippen LogP contribution is -2.06. The highest BCUT2D eigenvalue weighted by molar-refractivity contribution is 9.10. The molecule has 102 valence electrons. The van der Waals surface area contributed by atoms with Gasteiger partial charge in [0.25, 0.3) is 0 Å². The Labute approximate surface area is 138 Å². The van der Waals surface area contributed by atoms with E-state index in [0.29, 0.717) is 5.02 Å². The molecule has 1 N–H and O–H groups in total. The first kappa shape index (κ1) is 15.2. The second-order valence-corrected chi connectivity index (χ2v) is 7.15. The molecular weight excluding hydrogens is 413 g/mol. The molecule has 0 aliphatic rings. The summed E-state index contributed by atoms with van der Waals surface area (Å²) in [5.74, 6) is 0.756. The van der Waals surface area contributed by atoms with E-state index in [0.717, 1.165) is 20.4 Å². The molecule has 0 saturated heterocycles. The lowest BCUT2D eigenvalue weighted by molar-refractivity contribution is 0.413. The Hall–Kier alpha value is -0.230. The van der Waals surface area contributed by atoms with Crippen LogP contribution in [0, 0.1) is 0 Å². The predicted octanol–water partition coefficient (Wildman–Crippen LogP) is 6.11. The van der Waals surface area contributed by atoms with E-state index in [9.17, 15) is 0 Å². The Bertz CT molecular complexity index is 588. The third kappa shape index (κ3) is 3.66. The standard InChI is InChI=1S/C13H12Br2ClNOS/c1-7(12-3-8(14)6-19-12)17-11-5-9(16)4-10(15)13(11)18-2/h3-7,17H,1-2H3. The fraction of sp³-hybridized carbons (Fsp3) is 0.231. The topological polar surface area (TPSA) is 21.3 Å². The summed E-state index contributed by atoms with van der Waals surface area (Å²) in [7, 11) is 1.64. The molecular formula is C13H12Br2ClNOS.